The van der Waals surface area contributed by atoms with Gasteiger partial charge in [-0.25, -0.2) is 15.0 Å². The van der Waals surface area contributed by atoms with Crippen LogP contribution in [0.2, 0.25) is 0 Å². The van der Waals surface area contributed by atoms with Gasteiger partial charge in [0.25, 0.3) is 5.91 Å². The number of hydrogen-bond acceptors (Lipinski definition) is 8. The lowest BCUT2D eigenvalue weighted by atomic mass is 10.1. The normalized spacial score (nSPS) is 19.5. The Balaban J connectivity index is 1.56. The van der Waals surface area contributed by atoms with E-state index in [9.17, 15) is 4.79 Å². The molecular weight excluding hydrogens is 376 g/mol. The van der Waals surface area contributed by atoms with Crippen molar-refractivity contribution in [1.29, 1.82) is 0 Å². The highest BCUT2D eigenvalue weighted by Crippen LogP contribution is 2.26. The first-order valence-corrected chi connectivity index (χ1v) is 10.1. The van der Waals surface area contributed by atoms with Crippen LogP contribution in [-0.4, -0.2) is 46.2 Å². The standard InChI is InChI=1S/C19H22N6O2S/c1-2-11-4-3-5-16(22-11)24-18(26)12-10-28-15-8-21-19(25-17(12)15)23-14-6-7-27-9-13(14)20/h3-5,8,10,13-14H,2,6-7,9,20H2,1H3,(H,21,23,25)(H,22,24,26)/t13-,14+/m0/s1. The minimum absolute atomic E-state index is 0.0445. The average molecular weight is 398 g/mol. The Morgan fingerprint density at radius 2 is 2.29 bits per heavy atom. The number of carbonyl (C=O) groups excluding carboxylic acids is 1. The number of fused-ring (bicyclic) bond motifs is 1. The van der Waals surface area contributed by atoms with Crippen molar-refractivity contribution in [3.63, 3.8) is 0 Å². The number of nitrogens with two attached hydrogens (primary N) is 1. The lowest BCUT2D eigenvalue weighted by Gasteiger charge is -2.29. The van der Waals surface area contributed by atoms with Crippen molar-refractivity contribution < 1.29 is 9.53 Å². The quantitative estimate of drug-likeness (QED) is 0.604. The number of anilines is 2. The first kappa shape index (κ1) is 18.7. The van der Waals surface area contributed by atoms with Crippen molar-refractivity contribution in [3.8, 4) is 0 Å². The first-order valence-electron chi connectivity index (χ1n) is 9.25. The topological polar surface area (TPSA) is 115 Å². The van der Waals surface area contributed by atoms with Gasteiger partial charge in [-0.05, 0) is 25.0 Å². The molecule has 28 heavy (non-hydrogen) atoms. The number of nitrogens with one attached hydrogen (secondary N) is 2. The number of thiophene rings is 1. The summed E-state index contributed by atoms with van der Waals surface area (Å²) in [5, 5.41) is 7.93. The number of aromatic nitrogens is 3. The maximum absolute atomic E-state index is 12.8. The van der Waals surface area contributed by atoms with Crippen molar-refractivity contribution in [2.75, 3.05) is 23.8 Å². The molecule has 1 saturated heterocycles. The molecule has 1 aliphatic heterocycles. The molecule has 0 bridgehead atoms. The molecule has 0 radical (unpaired) electrons. The van der Waals surface area contributed by atoms with Crippen LogP contribution in [0, 0.1) is 0 Å². The second-order valence-electron chi connectivity index (χ2n) is 6.66. The Hall–Kier alpha value is -2.62. The number of pyridine rings is 1. The second kappa shape index (κ2) is 8.17. The van der Waals surface area contributed by atoms with Gasteiger partial charge >= 0.3 is 0 Å². The fourth-order valence-corrected chi connectivity index (χ4v) is 3.94. The Morgan fingerprint density at radius 3 is 3.11 bits per heavy atom. The van der Waals surface area contributed by atoms with E-state index in [-0.39, 0.29) is 18.0 Å². The molecule has 3 aromatic rings. The van der Waals surface area contributed by atoms with Gasteiger partial charge in [0.2, 0.25) is 5.95 Å². The zero-order chi connectivity index (χ0) is 19.5. The van der Waals surface area contributed by atoms with Crippen molar-refractivity contribution in [1.82, 2.24) is 15.0 Å². The van der Waals surface area contributed by atoms with Crippen LogP contribution in [-0.2, 0) is 11.2 Å². The summed E-state index contributed by atoms with van der Waals surface area (Å²) in [6.45, 7) is 3.19. The van der Waals surface area contributed by atoms with Gasteiger partial charge in [0, 0.05) is 29.8 Å². The summed E-state index contributed by atoms with van der Waals surface area (Å²) in [7, 11) is 0. The van der Waals surface area contributed by atoms with Gasteiger partial charge < -0.3 is 21.1 Å². The molecule has 1 amide bonds. The summed E-state index contributed by atoms with van der Waals surface area (Å²) < 4.78 is 6.22. The summed E-state index contributed by atoms with van der Waals surface area (Å²) in [4.78, 5) is 26.1. The van der Waals surface area contributed by atoms with Crippen LogP contribution in [0.4, 0.5) is 11.8 Å². The van der Waals surface area contributed by atoms with Gasteiger partial charge in [-0.2, -0.15) is 0 Å². The fraction of sp³-hybridized carbons (Fsp3) is 0.368. The minimum Gasteiger partial charge on any atom is -0.380 e. The Labute approximate surface area is 166 Å². The van der Waals surface area contributed by atoms with E-state index < -0.39 is 0 Å². The first-order chi connectivity index (χ1) is 13.6. The number of hydrogen-bond donors (Lipinski definition) is 3. The van der Waals surface area contributed by atoms with Crippen molar-refractivity contribution in [2.24, 2.45) is 5.73 Å². The highest BCUT2D eigenvalue weighted by Gasteiger charge is 2.23. The molecule has 8 nitrogen and oxygen atoms in total. The molecule has 1 aliphatic rings. The van der Waals surface area contributed by atoms with Gasteiger partial charge in [0.15, 0.2) is 0 Å². The molecule has 1 fully saturated rings. The highest BCUT2D eigenvalue weighted by atomic mass is 32.1. The van der Waals surface area contributed by atoms with Crippen LogP contribution in [0.25, 0.3) is 10.2 Å². The van der Waals surface area contributed by atoms with Crippen LogP contribution in [0.5, 0.6) is 0 Å². The highest BCUT2D eigenvalue weighted by molar-refractivity contribution is 7.17. The Morgan fingerprint density at radius 1 is 1.39 bits per heavy atom. The zero-order valence-corrected chi connectivity index (χ0v) is 16.3. The molecule has 9 heteroatoms. The largest absolute Gasteiger partial charge is 0.380 e. The van der Waals surface area contributed by atoms with Crippen LogP contribution in [0.3, 0.4) is 0 Å². The maximum Gasteiger partial charge on any atom is 0.259 e. The molecule has 0 unspecified atom stereocenters. The van der Waals surface area contributed by atoms with Gasteiger partial charge in [-0.15, -0.1) is 11.3 Å². The van der Waals surface area contributed by atoms with Crippen LogP contribution < -0.4 is 16.4 Å². The van der Waals surface area contributed by atoms with Gasteiger partial charge in [0.1, 0.15) is 5.82 Å². The smallest absolute Gasteiger partial charge is 0.259 e. The molecule has 2 atom stereocenters. The molecule has 3 aromatic heterocycles. The fourth-order valence-electron chi connectivity index (χ4n) is 3.09. The van der Waals surface area contributed by atoms with E-state index in [1.165, 1.54) is 11.3 Å². The minimum atomic E-state index is -0.237. The summed E-state index contributed by atoms with van der Waals surface area (Å²) in [6, 6.07) is 5.52. The molecule has 0 saturated carbocycles. The monoisotopic (exact) mass is 398 g/mol. The van der Waals surface area contributed by atoms with Crippen molar-refractivity contribution >= 4 is 39.2 Å². The van der Waals surface area contributed by atoms with Crippen LogP contribution >= 0.6 is 11.3 Å². The SMILES string of the molecule is CCc1cccc(NC(=O)c2csc3cnc(N[C@@H]4CCOC[C@@H]4N)nc23)n1. The van der Waals surface area contributed by atoms with E-state index in [0.717, 1.165) is 23.2 Å². The number of ether oxygens (including phenoxy) is 1. The van der Waals surface area contributed by atoms with E-state index in [0.29, 0.717) is 36.1 Å². The summed E-state index contributed by atoms with van der Waals surface area (Å²) in [6.07, 6.45) is 3.33. The lowest BCUT2D eigenvalue weighted by Crippen LogP contribution is -2.47. The maximum atomic E-state index is 12.8. The van der Waals surface area contributed by atoms with Crippen LogP contribution in [0.15, 0.2) is 29.8 Å². The second-order valence-corrected chi connectivity index (χ2v) is 7.57. The summed E-state index contributed by atoms with van der Waals surface area (Å²) in [5.74, 6) is 0.761. The van der Waals surface area contributed by atoms with E-state index in [2.05, 4.69) is 25.6 Å². The number of nitrogens with zero attached hydrogens (tertiary/aromatic N) is 3. The lowest BCUT2D eigenvalue weighted by molar-refractivity contribution is 0.0751. The molecule has 4 heterocycles. The van der Waals surface area contributed by atoms with Crippen LogP contribution in [0.1, 0.15) is 29.4 Å². The predicted molar refractivity (Wildman–Crippen MR) is 110 cm³/mol. The number of amides is 1. The molecular formula is C19H22N6O2S. The Bertz CT molecular complexity index is 991. The van der Waals surface area contributed by atoms with Crippen molar-refractivity contribution in [2.45, 2.75) is 31.8 Å². The van der Waals surface area contributed by atoms with E-state index in [1.807, 2.05) is 19.1 Å². The number of rotatable bonds is 5. The third-order valence-electron chi connectivity index (χ3n) is 4.68. The van der Waals surface area contributed by atoms with E-state index in [4.69, 9.17) is 10.5 Å². The third-order valence-corrected chi connectivity index (χ3v) is 5.59. The van der Waals surface area contributed by atoms with E-state index >= 15 is 0 Å². The van der Waals surface area contributed by atoms with Gasteiger partial charge in [-0.3, -0.25) is 4.79 Å². The molecule has 146 valence electrons. The van der Waals surface area contributed by atoms with Crippen molar-refractivity contribution in [3.05, 3.63) is 41.0 Å². The summed E-state index contributed by atoms with van der Waals surface area (Å²) >= 11 is 1.44. The third kappa shape index (κ3) is 3.96. The molecule has 4 rings (SSSR count). The number of carbonyl (C=O) groups is 1. The Kier molecular flexibility index (Phi) is 5.47. The van der Waals surface area contributed by atoms with Gasteiger partial charge in [-0.1, -0.05) is 13.0 Å². The zero-order valence-electron chi connectivity index (χ0n) is 15.5. The molecule has 0 spiro atoms. The molecule has 0 aromatic carbocycles. The van der Waals surface area contributed by atoms with E-state index in [1.54, 1.807) is 17.6 Å². The summed E-state index contributed by atoms with van der Waals surface area (Å²) in [5.41, 5.74) is 8.14. The number of aryl methyl sites for hydroxylation is 1. The predicted octanol–water partition coefficient (Wildman–Crippen LogP) is 2.43. The molecule has 4 N–H and O–H groups in total. The molecule has 0 aliphatic carbocycles. The van der Waals surface area contributed by atoms with Gasteiger partial charge in [0.05, 0.1) is 28.6 Å². The average Bonchev–Trinajstić information content (AvgIpc) is 3.13.